The quantitative estimate of drug-likeness (QED) is 0.157. The minimum Gasteiger partial charge on any atom is -0.493 e. The molecule has 0 aromatic heterocycles. The SMILES string of the molecule is C=CC(=O)OCC(C)(C)C(=O)C(=O)N1CCCC[C@H]1C(=O)O[C@H](CCc1ccc(OC)c(OC)c1)c1cccc(OCC(=O)O)c1F. The van der Waals surface area contributed by atoms with E-state index in [-0.39, 0.29) is 37.3 Å². The molecule has 2 aromatic carbocycles. The summed E-state index contributed by atoms with van der Waals surface area (Å²) >= 11 is 0. The molecule has 0 aliphatic carbocycles. The summed E-state index contributed by atoms with van der Waals surface area (Å²) in [5, 5.41) is 9.00. The first-order chi connectivity index (χ1) is 22.3. The van der Waals surface area contributed by atoms with Crippen LogP contribution >= 0.6 is 0 Å². The summed E-state index contributed by atoms with van der Waals surface area (Å²) < 4.78 is 42.4. The van der Waals surface area contributed by atoms with Crippen LogP contribution in [0.4, 0.5) is 4.39 Å². The Balaban J connectivity index is 1.89. The predicted molar refractivity (Wildman–Crippen MR) is 166 cm³/mol. The second-order valence-corrected chi connectivity index (χ2v) is 11.5. The Hall–Kier alpha value is -4.94. The fourth-order valence-corrected chi connectivity index (χ4v) is 5.07. The molecule has 254 valence electrons. The van der Waals surface area contributed by atoms with Crippen molar-refractivity contribution in [2.75, 3.05) is 34.0 Å². The van der Waals surface area contributed by atoms with Gasteiger partial charge in [-0.2, -0.15) is 0 Å². The summed E-state index contributed by atoms with van der Waals surface area (Å²) in [4.78, 5) is 64.2. The summed E-state index contributed by atoms with van der Waals surface area (Å²) in [6.45, 7) is 5.16. The van der Waals surface area contributed by atoms with E-state index in [1.165, 1.54) is 46.3 Å². The summed E-state index contributed by atoms with van der Waals surface area (Å²) in [5.41, 5.74) is -0.679. The Morgan fingerprint density at radius 1 is 1.06 bits per heavy atom. The van der Waals surface area contributed by atoms with Crippen molar-refractivity contribution < 1.29 is 57.2 Å². The first kappa shape index (κ1) is 36.5. The number of hydrogen-bond acceptors (Lipinski definition) is 10. The van der Waals surface area contributed by atoms with Crippen molar-refractivity contribution in [1.82, 2.24) is 4.90 Å². The van der Waals surface area contributed by atoms with Crippen LogP contribution in [0.5, 0.6) is 17.2 Å². The first-order valence-corrected chi connectivity index (χ1v) is 15.0. The fourth-order valence-electron chi connectivity index (χ4n) is 5.07. The molecule has 1 aliphatic rings. The van der Waals surface area contributed by atoms with E-state index in [0.717, 1.165) is 16.5 Å². The number of carboxylic acid groups (broad SMARTS) is 1. The third-order valence-electron chi connectivity index (χ3n) is 7.68. The number of carboxylic acids is 1. The van der Waals surface area contributed by atoms with Gasteiger partial charge in [-0.25, -0.2) is 18.8 Å². The van der Waals surface area contributed by atoms with Crippen LogP contribution in [-0.4, -0.2) is 79.6 Å². The maximum Gasteiger partial charge on any atom is 0.341 e. The number of rotatable bonds is 16. The molecule has 0 radical (unpaired) electrons. The van der Waals surface area contributed by atoms with Crippen LogP contribution in [-0.2, 0) is 39.9 Å². The summed E-state index contributed by atoms with van der Waals surface area (Å²) in [6.07, 6.45) is 1.45. The number of hydrogen-bond donors (Lipinski definition) is 1. The molecule has 1 saturated heterocycles. The van der Waals surface area contributed by atoms with Gasteiger partial charge in [0.15, 0.2) is 29.7 Å². The van der Waals surface area contributed by atoms with Crippen molar-refractivity contribution in [2.45, 2.75) is 58.1 Å². The third-order valence-corrected chi connectivity index (χ3v) is 7.68. The van der Waals surface area contributed by atoms with E-state index in [0.29, 0.717) is 30.8 Å². The maximum atomic E-state index is 15.7. The van der Waals surface area contributed by atoms with Gasteiger partial charge >= 0.3 is 17.9 Å². The van der Waals surface area contributed by atoms with E-state index in [1.54, 1.807) is 18.2 Å². The molecule has 1 amide bonds. The van der Waals surface area contributed by atoms with E-state index in [9.17, 15) is 24.0 Å². The minimum atomic E-state index is -1.39. The van der Waals surface area contributed by atoms with E-state index >= 15 is 4.39 Å². The number of ketones is 1. The number of aryl methyl sites for hydroxylation is 1. The number of Topliss-reactive ketones (excluding diaryl/α,β-unsaturated/α-hetero) is 1. The molecule has 1 N–H and O–H groups in total. The Morgan fingerprint density at radius 3 is 2.45 bits per heavy atom. The molecule has 47 heavy (non-hydrogen) atoms. The zero-order valence-electron chi connectivity index (χ0n) is 26.9. The van der Waals surface area contributed by atoms with Gasteiger partial charge in [-0.15, -0.1) is 0 Å². The molecular formula is C34H40FNO11. The number of piperidine rings is 1. The Labute approximate surface area is 272 Å². The van der Waals surface area contributed by atoms with Crippen molar-refractivity contribution in [3.05, 3.63) is 66.0 Å². The first-order valence-electron chi connectivity index (χ1n) is 15.0. The highest BCUT2D eigenvalue weighted by Gasteiger charge is 2.42. The van der Waals surface area contributed by atoms with Crippen LogP contribution in [0.3, 0.4) is 0 Å². The number of likely N-dealkylation sites (tertiary alicyclic amines) is 1. The number of ether oxygens (including phenoxy) is 5. The molecule has 0 spiro atoms. The zero-order chi connectivity index (χ0) is 34.7. The minimum absolute atomic E-state index is 0.0587. The number of nitrogens with zero attached hydrogens (tertiary/aromatic N) is 1. The van der Waals surface area contributed by atoms with Crippen LogP contribution in [0.1, 0.15) is 56.8 Å². The molecule has 2 atom stereocenters. The van der Waals surface area contributed by atoms with Crippen molar-refractivity contribution in [2.24, 2.45) is 5.41 Å². The van der Waals surface area contributed by atoms with Gasteiger partial charge in [-0.1, -0.05) is 24.8 Å². The monoisotopic (exact) mass is 657 g/mol. The maximum absolute atomic E-state index is 15.7. The van der Waals surface area contributed by atoms with Crippen LogP contribution in [0.15, 0.2) is 49.1 Å². The molecule has 13 heteroatoms. The number of carbonyl (C=O) groups is 5. The molecule has 3 rings (SSSR count). The second kappa shape index (κ2) is 16.6. The van der Waals surface area contributed by atoms with E-state index in [4.69, 9.17) is 28.8 Å². The molecule has 2 aromatic rings. The largest absolute Gasteiger partial charge is 0.493 e. The number of aliphatic carboxylic acids is 1. The van der Waals surface area contributed by atoms with Gasteiger partial charge in [0.1, 0.15) is 18.8 Å². The molecule has 12 nitrogen and oxygen atoms in total. The predicted octanol–water partition coefficient (Wildman–Crippen LogP) is 4.23. The van der Waals surface area contributed by atoms with Gasteiger partial charge in [0.25, 0.3) is 5.91 Å². The van der Waals surface area contributed by atoms with Crippen molar-refractivity contribution in [3.63, 3.8) is 0 Å². The fraction of sp³-hybridized carbons (Fsp3) is 0.441. The highest BCUT2D eigenvalue weighted by atomic mass is 19.1. The summed E-state index contributed by atoms with van der Waals surface area (Å²) in [5.74, 6) is -4.93. The molecule has 1 aliphatic heterocycles. The van der Waals surface area contributed by atoms with E-state index < -0.39 is 59.6 Å². The Bertz CT molecular complexity index is 1490. The molecule has 1 fully saturated rings. The van der Waals surface area contributed by atoms with Crippen LogP contribution in [0.25, 0.3) is 0 Å². The average molecular weight is 658 g/mol. The smallest absolute Gasteiger partial charge is 0.341 e. The molecular weight excluding hydrogens is 617 g/mol. The van der Waals surface area contributed by atoms with Crippen LogP contribution < -0.4 is 14.2 Å². The van der Waals surface area contributed by atoms with Crippen molar-refractivity contribution >= 4 is 29.6 Å². The number of benzene rings is 2. The Morgan fingerprint density at radius 2 is 1.79 bits per heavy atom. The van der Waals surface area contributed by atoms with Gasteiger partial charge in [0.2, 0.25) is 5.78 Å². The molecule has 0 saturated carbocycles. The average Bonchev–Trinajstić information content (AvgIpc) is 3.07. The molecule has 1 heterocycles. The Kier molecular flexibility index (Phi) is 12.9. The van der Waals surface area contributed by atoms with Gasteiger partial charge in [-0.05, 0) is 69.7 Å². The van der Waals surface area contributed by atoms with Crippen LogP contribution in [0, 0.1) is 11.2 Å². The van der Waals surface area contributed by atoms with Gasteiger partial charge in [-0.3, -0.25) is 9.59 Å². The third kappa shape index (κ3) is 9.53. The topological polar surface area (TPSA) is 155 Å². The summed E-state index contributed by atoms with van der Waals surface area (Å²) in [7, 11) is 2.99. The highest BCUT2D eigenvalue weighted by Crippen LogP contribution is 2.34. The number of methoxy groups -OCH3 is 2. The molecule has 0 bridgehead atoms. The van der Waals surface area contributed by atoms with Crippen LogP contribution in [0.2, 0.25) is 0 Å². The zero-order valence-corrected chi connectivity index (χ0v) is 26.9. The van der Waals surface area contributed by atoms with E-state index in [2.05, 4.69) is 6.58 Å². The molecule has 0 unspecified atom stereocenters. The number of carbonyl (C=O) groups excluding carboxylic acids is 4. The van der Waals surface area contributed by atoms with Gasteiger partial charge < -0.3 is 33.7 Å². The normalized spacial score (nSPS) is 15.2. The lowest BCUT2D eigenvalue weighted by atomic mass is 9.87. The lowest BCUT2D eigenvalue weighted by Crippen LogP contribution is -2.53. The lowest BCUT2D eigenvalue weighted by molar-refractivity contribution is -0.165. The standard InChI is InChI=1S/C34H40FNO11/c1-6-29(39)46-20-34(2,3)31(40)32(41)36-17-8-7-11-23(36)33(42)47-24(15-13-21-14-16-25(43-4)27(18-21)44-5)22-10-9-12-26(30(22)35)45-19-28(37)38/h6,9-10,12,14,16,18,23-24H,1,7-8,11,13,15,17,19-20H2,2-5H3,(H,37,38)/t23-,24+/m0/s1. The van der Waals surface area contributed by atoms with Gasteiger partial charge in [0.05, 0.1) is 19.6 Å². The number of esters is 2. The van der Waals surface area contributed by atoms with Crippen molar-refractivity contribution in [3.8, 4) is 17.2 Å². The van der Waals surface area contributed by atoms with Gasteiger partial charge in [0, 0.05) is 18.2 Å². The highest BCUT2D eigenvalue weighted by molar-refractivity contribution is 6.38. The lowest BCUT2D eigenvalue weighted by Gasteiger charge is -2.36. The number of amides is 1. The van der Waals surface area contributed by atoms with Crippen molar-refractivity contribution in [1.29, 1.82) is 0 Å². The summed E-state index contributed by atoms with van der Waals surface area (Å²) in [6, 6.07) is 8.20. The van der Waals surface area contributed by atoms with E-state index in [1.807, 2.05) is 0 Å². The second-order valence-electron chi connectivity index (χ2n) is 11.5. The number of halogens is 1.